The van der Waals surface area contributed by atoms with Gasteiger partial charge in [0.25, 0.3) is 5.69 Å². The van der Waals surface area contributed by atoms with Crippen molar-refractivity contribution >= 4 is 17.5 Å². The van der Waals surface area contributed by atoms with Crippen molar-refractivity contribution in [2.45, 2.75) is 25.0 Å². The fourth-order valence-electron chi connectivity index (χ4n) is 4.06. The summed E-state index contributed by atoms with van der Waals surface area (Å²) < 4.78 is 12.0. The Kier molecular flexibility index (Phi) is 3.31. The summed E-state index contributed by atoms with van der Waals surface area (Å²) in [6.07, 6.45) is 4.06. The summed E-state index contributed by atoms with van der Waals surface area (Å²) in [5.74, 6) is 1.34. The normalized spacial score (nSPS) is 21.9. The van der Waals surface area contributed by atoms with Crippen LogP contribution < -0.4 is 14.4 Å². The molecule has 2 heterocycles. The third-order valence-corrected chi connectivity index (χ3v) is 5.60. The number of nitrogens with zero attached hydrogens (tertiary/aromatic N) is 2. The molecule has 1 atom stereocenters. The van der Waals surface area contributed by atoms with E-state index in [0.717, 1.165) is 16.8 Å². The first-order valence-electron chi connectivity index (χ1n) is 8.40. The van der Waals surface area contributed by atoms with E-state index < -0.39 is 11.1 Å². The highest BCUT2D eigenvalue weighted by molar-refractivity contribution is 5.74. The van der Waals surface area contributed by atoms with E-state index in [1.807, 2.05) is 56.1 Å². The molecule has 2 aromatic rings. The lowest BCUT2D eigenvalue weighted by Gasteiger charge is -2.45. The van der Waals surface area contributed by atoms with Crippen LogP contribution in [0.4, 0.5) is 11.4 Å². The molecule has 0 aromatic heterocycles. The van der Waals surface area contributed by atoms with Crippen LogP contribution in [0.3, 0.4) is 0 Å². The van der Waals surface area contributed by atoms with Crippen LogP contribution in [-0.4, -0.2) is 24.8 Å². The van der Waals surface area contributed by atoms with Gasteiger partial charge in [-0.3, -0.25) is 10.1 Å². The first kappa shape index (κ1) is 16.4. The second-order valence-electron chi connectivity index (χ2n) is 7.15. The zero-order valence-corrected chi connectivity index (χ0v) is 15.1. The minimum atomic E-state index is -0.799. The fraction of sp³-hybridized carbons (Fsp3) is 0.300. The van der Waals surface area contributed by atoms with Gasteiger partial charge in [-0.05, 0) is 43.7 Å². The monoisotopic (exact) mass is 352 g/mol. The maximum atomic E-state index is 11.2. The van der Waals surface area contributed by atoms with Gasteiger partial charge in [0.05, 0.1) is 17.4 Å². The summed E-state index contributed by atoms with van der Waals surface area (Å²) in [5, 5.41) is 11.2. The smallest absolute Gasteiger partial charge is 0.269 e. The molecule has 4 rings (SSSR count). The molecule has 6 heteroatoms. The van der Waals surface area contributed by atoms with Crippen LogP contribution >= 0.6 is 0 Å². The summed E-state index contributed by atoms with van der Waals surface area (Å²) in [7, 11) is 3.57. The number of hydrogen-bond acceptors (Lipinski definition) is 5. The van der Waals surface area contributed by atoms with Crippen LogP contribution in [0.5, 0.6) is 11.5 Å². The average Bonchev–Trinajstić information content (AvgIpc) is 2.79. The number of anilines is 1. The first-order chi connectivity index (χ1) is 12.3. The van der Waals surface area contributed by atoms with E-state index in [4.69, 9.17) is 9.47 Å². The standard InChI is InChI=1S/C20H20N2O4/c1-19(2)15-12-14(22(23)24)8-9-16(15)21(3)20(19)11-10-13-6-5-7-17(25-4)18(13)26-20/h5-12H,1-4H3. The van der Waals surface area contributed by atoms with E-state index in [2.05, 4.69) is 0 Å². The lowest BCUT2D eigenvalue weighted by molar-refractivity contribution is -0.384. The predicted octanol–water partition coefficient (Wildman–Crippen LogP) is 4.13. The summed E-state index contributed by atoms with van der Waals surface area (Å²) in [6.45, 7) is 4.09. The maximum absolute atomic E-state index is 11.2. The summed E-state index contributed by atoms with van der Waals surface area (Å²) in [6, 6.07) is 10.7. The SMILES string of the molecule is COc1cccc2c1OC1(C=C2)N(C)c2ccc([N+](=O)[O-])cc2C1(C)C. The van der Waals surface area contributed by atoms with Gasteiger partial charge in [-0.2, -0.15) is 0 Å². The van der Waals surface area contributed by atoms with Gasteiger partial charge in [0.2, 0.25) is 5.72 Å². The number of likely N-dealkylation sites (N-methyl/N-ethyl adjacent to an activating group) is 1. The Bertz CT molecular complexity index is 951. The molecule has 26 heavy (non-hydrogen) atoms. The van der Waals surface area contributed by atoms with E-state index >= 15 is 0 Å². The Labute approximate surface area is 151 Å². The van der Waals surface area contributed by atoms with Crippen LogP contribution in [-0.2, 0) is 5.41 Å². The number of nitro benzene ring substituents is 1. The van der Waals surface area contributed by atoms with Gasteiger partial charge in [-0.1, -0.05) is 12.1 Å². The second kappa shape index (κ2) is 5.24. The molecule has 0 bridgehead atoms. The number of methoxy groups -OCH3 is 1. The molecule has 2 aliphatic heterocycles. The van der Waals surface area contributed by atoms with E-state index in [1.54, 1.807) is 19.2 Å². The summed E-state index contributed by atoms with van der Waals surface area (Å²) in [5.41, 5.74) is 1.52. The average molecular weight is 352 g/mol. The Hall–Kier alpha value is -3.02. The molecule has 0 fully saturated rings. The van der Waals surface area contributed by atoms with Crippen molar-refractivity contribution in [1.29, 1.82) is 0 Å². The third kappa shape index (κ3) is 1.92. The molecular formula is C20H20N2O4. The van der Waals surface area contributed by atoms with Crippen molar-refractivity contribution < 1.29 is 14.4 Å². The quantitative estimate of drug-likeness (QED) is 0.600. The molecular weight excluding hydrogens is 332 g/mol. The topological polar surface area (TPSA) is 64.8 Å². The molecule has 1 unspecified atom stereocenters. The van der Waals surface area contributed by atoms with E-state index in [0.29, 0.717) is 11.5 Å². The van der Waals surface area contributed by atoms with Crippen molar-refractivity contribution in [1.82, 2.24) is 0 Å². The maximum Gasteiger partial charge on any atom is 0.269 e. The Morgan fingerprint density at radius 1 is 1.23 bits per heavy atom. The summed E-state index contributed by atoms with van der Waals surface area (Å²) >= 11 is 0. The van der Waals surface area contributed by atoms with Gasteiger partial charge in [-0.25, -0.2) is 0 Å². The predicted molar refractivity (Wildman–Crippen MR) is 99.9 cm³/mol. The van der Waals surface area contributed by atoms with E-state index in [1.165, 1.54) is 6.07 Å². The summed E-state index contributed by atoms with van der Waals surface area (Å²) in [4.78, 5) is 12.9. The number of rotatable bonds is 2. The number of benzene rings is 2. The molecule has 0 radical (unpaired) electrons. The number of hydrogen-bond donors (Lipinski definition) is 0. The number of nitro groups is 1. The van der Waals surface area contributed by atoms with Crippen molar-refractivity contribution in [3.05, 3.63) is 63.7 Å². The number of fused-ring (bicyclic) bond motifs is 2. The van der Waals surface area contributed by atoms with Crippen LogP contribution in [0.2, 0.25) is 0 Å². The minimum absolute atomic E-state index is 0.0834. The minimum Gasteiger partial charge on any atom is -0.493 e. The Balaban J connectivity index is 1.89. The molecule has 134 valence electrons. The molecule has 2 aliphatic rings. The zero-order chi connectivity index (χ0) is 18.7. The van der Waals surface area contributed by atoms with Crippen LogP contribution in [0.1, 0.15) is 25.0 Å². The van der Waals surface area contributed by atoms with E-state index in [9.17, 15) is 10.1 Å². The lowest BCUT2D eigenvalue weighted by Crippen LogP contribution is -2.58. The second-order valence-corrected chi connectivity index (χ2v) is 7.15. The van der Waals surface area contributed by atoms with Gasteiger partial charge in [0.1, 0.15) is 0 Å². The van der Waals surface area contributed by atoms with Crippen molar-refractivity contribution in [3.63, 3.8) is 0 Å². The van der Waals surface area contributed by atoms with Crippen LogP contribution in [0.25, 0.3) is 6.08 Å². The van der Waals surface area contributed by atoms with Crippen molar-refractivity contribution in [2.24, 2.45) is 0 Å². The highest BCUT2D eigenvalue weighted by Gasteiger charge is 2.58. The number of non-ortho nitro benzene ring substituents is 1. The Morgan fingerprint density at radius 2 is 2.00 bits per heavy atom. The van der Waals surface area contributed by atoms with Crippen molar-refractivity contribution in [3.8, 4) is 11.5 Å². The fourth-order valence-corrected chi connectivity index (χ4v) is 4.06. The third-order valence-electron chi connectivity index (χ3n) is 5.60. The molecule has 2 aromatic carbocycles. The Morgan fingerprint density at radius 3 is 2.69 bits per heavy atom. The molecule has 0 amide bonds. The molecule has 1 spiro atoms. The van der Waals surface area contributed by atoms with Gasteiger partial charge < -0.3 is 14.4 Å². The largest absolute Gasteiger partial charge is 0.493 e. The first-order valence-corrected chi connectivity index (χ1v) is 8.40. The lowest BCUT2D eigenvalue weighted by atomic mass is 9.76. The molecule has 6 nitrogen and oxygen atoms in total. The number of para-hydroxylation sites is 1. The van der Waals surface area contributed by atoms with E-state index in [-0.39, 0.29) is 10.6 Å². The van der Waals surface area contributed by atoms with Gasteiger partial charge >= 0.3 is 0 Å². The van der Waals surface area contributed by atoms with Gasteiger partial charge in [0, 0.05) is 30.4 Å². The highest BCUT2D eigenvalue weighted by Crippen LogP contribution is 2.55. The molecule has 0 aliphatic carbocycles. The molecule has 0 saturated carbocycles. The van der Waals surface area contributed by atoms with Gasteiger partial charge in [0.15, 0.2) is 11.5 Å². The zero-order valence-electron chi connectivity index (χ0n) is 15.1. The molecule has 0 saturated heterocycles. The van der Waals surface area contributed by atoms with Crippen LogP contribution in [0.15, 0.2) is 42.5 Å². The van der Waals surface area contributed by atoms with Crippen LogP contribution in [0, 0.1) is 10.1 Å². The van der Waals surface area contributed by atoms with Gasteiger partial charge in [-0.15, -0.1) is 0 Å². The molecule has 0 N–H and O–H groups in total. The van der Waals surface area contributed by atoms with Crippen molar-refractivity contribution in [2.75, 3.05) is 19.1 Å². The highest BCUT2D eigenvalue weighted by atomic mass is 16.6. The number of ether oxygens (including phenoxy) is 2.